The molecule has 6 nitrogen and oxygen atoms in total. The first-order valence-corrected chi connectivity index (χ1v) is 16.2. The molecular weight excluding hydrogens is 508 g/mol. The first kappa shape index (κ1) is 26.4. The van der Waals surface area contributed by atoms with E-state index in [4.69, 9.17) is 4.74 Å². The summed E-state index contributed by atoms with van der Waals surface area (Å²) in [7, 11) is -3.71. The number of sulfonamides is 1. The van der Waals surface area contributed by atoms with Crippen molar-refractivity contribution in [3.8, 4) is 5.75 Å². The van der Waals surface area contributed by atoms with Crippen LogP contribution in [0.2, 0.25) is 0 Å². The highest BCUT2D eigenvalue weighted by Gasteiger charge is 2.50. The van der Waals surface area contributed by atoms with E-state index in [1.807, 2.05) is 12.1 Å². The standard InChI is InChI=1S/C32H40N2O4S/c1-31(2)26-16-14-24(26)10-5-3-4-8-19-39(36,37)33-30(35)25-15-17-29-28(20-25)34(31)21-32(22-38-29)18-9-12-23-11-6-7-13-27(23)32/h3,5-7,11,13,15,17,20,24,26H,4,8-10,12,14,16,18-19,21-22H2,1-2H3,(H,33,35)/b5-3-. The SMILES string of the molecule is CC1(C)C2CCC2C/C=C\CCCS(=O)(=O)NC(=O)c2ccc3c(c2)N1CC1(CCCc2ccccc21)CO3. The topological polar surface area (TPSA) is 75.7 Å². The van der Waals surface area contributed by atoms with Gasteiger partial charge in [-0.3, -0.25) is 4.79 Å². The van der Waals surface area contributed by atoms with E-state index in [-0.39, 0.29) is 16.7 Å². The maximum absolute atomic E-state index is 13.2. The number of hydrogen-bond donors (Lipinski definition) is 1. The maximum atomic E-state index is 13.2. The molecule has 1 amide bonds. The lowest BCUT2D eigenvalue weighted by atomic mass is 9.62. The van der Waals surface area contributed by atoms with Crippen LogP contribution in [0.3, 0.4) is 0 Å². The van der Waals surface area contributed by atoms with Crippen molar-refractivity contribution in [2.45, 2.75) is 76.2 Å². The third-order valence-electron chi connectivity index (χ3n) is 9.82. The van der Waals surface area contributed by atoms with Gasteiger partial charge in [0, 0.05) is 23.1 Å². The highest BCUT2D eigenvalue weighted by atomic mass is 32.2. The van der Waals surface area contributed by atoms with Crippen LogP contribution in [0.25, 0.3) is 0 Å². The van der Waals surface area contributed by atoms with E-state index in [1.54, 1.807) is 6.07 Å². The van der Waals surface area contributed by atoms with Crippen LogP contribution in [-0.4, -0.2) is 38.8 Å². The van der Waals surface area contributed by atoms with E-state index < -0.39 is 15.9 Å². The number of amides is 1. The van der Waals surface area contributed by atoms with Crippen molar-refractivity contribution < 1.29 is 17.9 Å². The summed E-state index contributed by atoms with van der Waals surface area (Å²) in [6.45, 7) is 6.09. The Balaban J connectivity index is 1.47. The summed E-state index contributed by atoms with van der Waals surface area (Å²) in [6.07, 6.45) is 12.2. The number of carbonyl (C=O) groups is 1. The largest absolute Gasteiger partial charge is 0.490 e. The van der Waals surface area contributed by atoms with Crippen molar-refractivity contribution in [3.63, 3.8) is 0 Å². The summed E-state index contributed by atoms with van der Waals surface area (Å²) in [5.41, 5.74) is 3.68. The van der Waals surface area contributed by atoms with Crippen molar-refractivity contribution in [1.29, 1.82) is 0 Å². The Morgan fingerprint density at radius 2 is 1.90 bits per heavy atom. The number of nitrogens with zero attached hydrogens (tertiary/aromatic N) is 1. The summed E-state index contributed by atoms with van der Waals surface area (Å²) in [5, 5.41) is 0. The van der Waals surface area contributed by atoms with E-state index in [0.717, 1.165) is 43.7 Å². The quantitative estimate of drug-likeness (QED) is 0.424. The Morgan fingerprint density at radius 3 is 2.72 bits per heavy atom. The Hall–Kier alpha value is -2.80. The molecule has 1 fully saturated rings. The average molecular weight is 549 g/mol. The summed E-state index contributed by atoms with van der Waals surface area (Å²) in [4.78, 5) is 15.7. The number of hydrogen-bond acceptors (Lipinski definition) is 5. The molecule has 1 saturated carbocycles. The number of rotatable bonds is 0. The number of benzene rings is 2. The zero-order chi connectivity index (χ0) is 27.3. The number of anilines is 1. The van der Waals surface area contributed by atoms with Crippen LogP contribution < -0.4 is 14.4 Å². The molecule has 2 aromatic rings. The molecular formula is C32H40N2O4S. The van der Waals surface area contributed by atoms with Gasteiger partial charge in [-0.25, -0.2) is 13.1 Å². The van der Waals surface area contributed by atoms with E-state index in [0.29, 0.717) is 36.8 Å². The highest BCUT2D eigenvalue weighted by Crippen LogP contribution is 2.52. The molecule has 2 aliphatic carbocycles. The minimum atomic E-state index is -3.71. The van der Waals surface area contributed by atoms with Gasteiger partial charge >= 0.3 is 0 Å². The molecule has 2 heterocycles. The van der Waals surface area contributed by atoms with Gasteiger partial charge in [0.15, 0.2) is 0 Å². The number of allylic oxidation sites excluding steroid dienone is 2. The Bertz CT molecular complexity index is 1400. The molecule has 0 aromatic heterocycles. The first-order chi connectivity index (χ1) is 18.7. The molecule has 6 rings (SSSR count). The minimum absolute atomic E-state index is 0.0652. The number of carbonyl (C=O) groups excluding carboxylic acids is 1. The Labute approximate surface area is 232 Å². The van der Waals surface area contributed by atoms with Crippen LogP contribution in [-0.2, 0) is 21.9 Å². The molecule has 0 radical (unpaired) electrons. The predicted molar refractivity (Wildman–Crippen MR) is 155 cm³/mol. The zero-order valence-electron chi connectivity index (χ0n) is 23.1. The van der Waals surface area contributed by atoms with E-state index in [2.05, 4.69) is 59.9 Å². The van der Waals surface area contributed by atoms with Crippen LogP contribution in [0.5, 0.6) is 5.75 Å². The number of nitrogens with one attached hydrogen (secondary N) is 1. The van der Waals surface area contributed by atoms with Gasteiger partial charge in [-0.15, -0.1) is 0 Å². The smallest absolute Gasteiger partial charge is 0.264 e. The molecule has 4 aliphatic rings. The molecule has 1 spiro atoms. The summed E-state index contributed by atoms with van der Waals surface area (Å²) in [6, 6.07) is 14.2. The van der Waals surface area contributed by atoms with Gasteiger partial charge in [-0.05, 0) is 106 Å². The van der Waals surface area contributed by atoms with Crippen LogP contribution >= 0.6 is 0 Å². The molecule has 0 saturated heterocycles. The predicted octanol–water partition coefficient (Wildman–Crippen LogP) is 5.76. The fourth-order valence-electron chi connectivity index (χ4n) is 7.49. The molecule has 1 N–H and O–H groups in total. The molecule has 7 heteroatoms. The Kier molecular flexibility index (Phi) is 6.77. The molecule has 2 aliphatic heterocycles. The maximum Gasteiger partial charge on any atom is 0.264 e. The van der Waals surface area contributed by atoms with Gasteiger partial charge in [0.2, 0.25) is 10.0 Å². The van der Waals surface area contributed by atoms with Gasteiger partial charge in [-0.2, -0.15) is 0 Å². The molecule has 208 valence electrons. The average Bonchev–Trinajstić information content (AvgIpc) is 3.04. The van der Waals surface area contributed by atoms with Crippen LogP contribution in [0.4, 0.5) is 5.69 Å². The monoisotopic (exact) mass is 548 g/mol. The third kappa shape index (κ3) is 4.88. The zero-order valence-corrected chi connectivity index (χ0v) is 23.9. The fourth-order valence-corrected chi connectivity index (χ4v) is 8.54. The van der Waals surface area contributed by atoms with Gasteiger partial charge in [0.1, 0.15) is 5.75 Å². The lowest BCUT2D eigenvalue weighted by Crippen LogP contribution is -2.59. The van der Waals surface area contributed by atoms with Crippen molar-refractivity contribution in [2.75, 3.05) is 23.8 Å². The third-order valence-corrected chi connectivity index (χ3v) is 11.1. The van der Waals surface area contributed by atoms with Crippen molar-refractivity contribution in [3.05, 3.63) is 71.3 Å². The fraction of sp³-hybridized carbons (Fsp3) is 0.531. The van der Waals surface area contributed by atoms with Gasteiger partial charge in [-0.1, -0.05) is 36.4 Å². The summed E-state index contributed by atoms with van der Waals surface area (Å²) < 4.78 is 34.2. The van der Waals surface area contributed by atoms with Gasteiger partial charge in [0.25, 0.3) is 5.91 Å². The van der Waals surface area contributed by atoms with Gasteiger partial charge in [0.05, 0.1) is 18.0 Å². The highest BCUT2D eigenvalue weighted by molar-refractivity contribution is 7.90. The number of ether oxygens (including phenoxy) is 1. The van der Waals surface area contributed by atoms with Crippen molar-refractivity contribution in [2.24, 2.45) is 11.8 Å². The second-order valence-electron chi connectivity index (χ2n) is 12.5. The van der Waals surface area contributed by atoms with Crippen LogP contribution in [0, 0.1) is 11.8 Å². The normalized spacial score (nSPS) is 30.5. The molecule has 39 heavy (non-hydrogen) atoms. The summed E-state index contributed by atoms with van der Waals surface area (Å²) >= 11 is 0. The molecule has 2 bridgehead atoms. The molecule has 3 atom stereocenters. The first-order valence-electron chi connectivity index (χ1n) is 14.5. The lowest BCUT2D eigenvalue weighted by Gasteiger charge is -2.55. The molecule has 2 aromatic carbocycles. The lowest BCUT2D eigenvalue weighted by molar-refractivity contribution is 0.0897. The second-order valence-corrected chi connectivity index (χ2v) is 14.4. The second kappa shape index (κ2) is 9.99. The number of aryl methyl sites for hydroxylation is 1. The van der Waals surface area contributed by atoms with E-state index >= 15 is 0 Å². The van der Waals surface area contributed by atoms with E-state index in [1.165, 1.54) is 24.0 Å². The van der Waals surface area contributed by atoms with Gasteiger partial charge < -0.3 is 9.64 Å². The summed E-state index contributed by atoms with van der Waals surface area (Å²) in [5.74, 6) is 1.21. The molecule has 3 unspecified atom stereocenters. The Morgan fingerprint density at radius 1 is 1.05 bits per heavy atom. The minimum Gasteiger partial charge on any atom is -0.490 e. The van der Waals surface area contributed by atoms with Crippen LogP contribution in [0.1, 0.15) is 80.3 Å². The van der Waals surface area contributed by atoms with Crippen molar-refractivity contribution >= 4 is 21.6 Å². The number of fused-ring (bicyclic) bond motifs is 4. The van der Waals surface area contributed by atoms with E-state index in [9.17, 15) is 13.2 Å². The van der Waals surface area contributed by atoms with Crippen LogP contribution in [0.15, 0.2) is 54.6 Å². The van der Waals surface area contributed by atoms with Crippen molar-refractivity contribution in [1.82, 2.24) is 4.72 Å².